The molecule has 0 heterocycles. The van der Waals surface area contributed by atoms with E-state index in [9.17, 15) is 4.39 Å². The molecule has 0 fully saturated rings. The van der Waals surface area contributed by atoms with Crippen molar-refractivity contribution >= 4 is 0 Å². The molecule has 0 aliphatic rings. The van der Waals surface area contributed by atoms with Crippen LogP contribution >= 0.6 is 0 Å². The molecule has 0 amide bonds. The smallest absolute Gasteiger partial charge is 0.140 e. The molecule has 0 aliphatic carbocycles. The molecule has 4 heteroatoms. The van der Waals surface area contributed by atoms with Crippen molar-refractivity contribution in [2.24, 2.45) is 0 Å². The van der Waals surface area contributed by atoms with Crippen LogP contribution in [0.5, 0.6) is 5.75 Å². The Kier molecular flexibility index (Phi) is 5.30. The van der Waals surface area contributed by atoms with E-state index in [-0.39, 0.29) is 5.56 Å². The molecule has 0 unspecified atom stereocenters. The summed E-state index contributed by atoms with van der Waals surface area (Å²) >= 11 is 0. The molecular formula is C17H17FN2O. The van der Waals surface area contributed by atoms with E-state index in [4.69, 9.17) is 10.00 Å². The zero-order valence-corrected chi connectivity index (χ0v) is 11.9. The third kappa shape index (κ3) is 4.30. The number of hydrogen-bond acceptors (Lipinski definition) is 3. The molecule has 21 heavy (non-hydrogen) atoms. The van der Waals surface area contributed by atoms with Crippen molar-refractivity contribution in [2.45, 2.75) is 13.0 Å². The lowest BCUT2D eigenvalue weighted by atomic mass is 10.1. The van der Waals surface area contributed by atoms with Gasteiger partial charge in [0.15, 0.2) is 0 Å². The van der Waals surface area contributed by atoms with Crippen LogP contribution < -0.4 is 10.1 Å². The highest BCUT2D eigenvalue weighted by Gasteiger charge is 2.02. The number of benzene rings is 2. The van der Waals surface area contributed by atoms with E-state index in [0.717, 1.165) is 24.3 Å². The standard InChI is InChI=1S/C17H17FN2O/c1-21-16-5-2-13(3-6-16)8-9-20-12-14-4-7-17(18)15(10-14)11-19/h2-7,10,20H,8-9,12H2,1H3. The summed E-state index contributed by atoms with van der Waals surface area (Å²) in [6, 6.07) is 14.4. The zero-order valence-electron chi connectivity index (χ0n) is 11.9. The van der Waals surface area contributed by atoms with Crippen molar-refractivity contribution in [3.05, 3.63) is 65.0 Å². The number of hydrogen-bond donors (Lipinski definition) is 1. The zero-order chi connectivity index (χ0) is 15.1. The van der Waals surface area contributed by atoms with E-state index >= 15 is 0 Å². The van der Waals surface area contributed by atoms with Crippen molar-refractivity contribution in [3.8, 4) is 11.8 Å². The van der Waals surface area contributed by atoms with Crippen LogP contribution in [0.25, 0.3) is 0 Å². The first-order chi connectivity index (χ1) is 10.2. The molecule has 0 aromatic heterocycles. The number of nitriles is 1. The SMILES string of the molecule is COc1ccc(CCNCc2ccc(F)c(C#N)c2)cc1. The second kappa shape index (κ2) is 7.41. The summed E-state index contributed by atoms with van der Waals surface area (Å²) in [5.74, 6) is 0.376. The fourth-order valence-electron chi connectivity index (χ4n) is 2.03. The number of rotatable bonds is 6. The van der Waals surface area contributed by atoms with E-state index in [1.165, 1.54) is 11.6 Å². The van der Waals surface area contributed by atoms with Gasteiger partial charge in [0.1, 0.15) is 17.6 Å². The minimum atomic E-state index is -0.473. The second-order valence-electron chi connectivity index (χ2n) is 4.70. The summed E-state index contributed by atoms with van der Waals surface area (Å²) in [5.41, 5.74) is 2.22. The molecule has 0 spiro atoms. The van der Waals surface area contributed by atoms with Gasteiger partial charge in [-0.2, -0.15) is 5.26 Å². The summed E-state index contributed by atoms with van der Waals surface area (Å²) < 4.78 is 18.3. The highest BCUT2D eigenvalue weighted by atomic mass is 19.1. The average Bonchev–Trinajstić information content (AvgIpc) is 2.53. The van der Waals surface area contributed by atoms with Gasteiger partial charge in [-0.3, -0.25) is 0 Å². The molecule has 108 valence electrons. The maximum atomic E-state index is 13.2. The van der Waals surface area contributed by atoms with E-state index in [1.54, 1.807) is 19.2 Å². The Hall–Kier alpha value is -2.38. The Morgan fingerprint density at radius 1 is 1.14 bits per heavy atom. The quantitative estimate of drug-likeness (QED) is 0.829. The molecular weight excluding hydrogens is 267 g/mol. The van der Waals surface area contributed by atoms with Crippen molar-refractivity contribution in [2.75, 3.05) is 13.7 Å². The first kappa shape index (κ1) is 15.0. The Morgan fingerprint density at radius 3 is 2.52 bits per heavy atom. The minimum Gasteiger partial charge on any atom is -0.497 e. The van der Waals surface area contributed by atoms with Gasteiger partial charge in [-0.1, -0.05) is 18.2 Å². The summed E-state index contributed by atoms with van der Waals surface area (Å²) in [6.07, 6.45) is 0.899. The molecule has 0 radical (unpaired) electrons. The van der Waals surface area contributed by atoms with Crippen LogP contribution in [0, 0.1) is 17.1 Å². The van der Waals surface area contributed by atoms with E-state index < -0.39 is 5.82 Å². The van der Waals surface area contributed by atoms with Gasteiger partial charge >= 0.3 is 0 Å². The molecule has 2 rings (SSSR count). The van der Waals surface area contributed by atoms with Gasteiger partial charge in [0, 0.05) is 6.54 Å². The van der Waals surface area contributed by atoms with Crippen LogP contribution in [0.1, 0.15) is 16.7 Å². The largest absolute Gasteiger partial charge is 0.497 e. The van der Waals surface area contributed by atoms with Crippen molar-refractivity contribution < 1.29 is 9.13 Å². The molecule has 0 aliphatic heterocycles. The molecule has 0 atom stereocenters. The van der Waals surface area contributed by atoms with Gasteiger partial charge in [-0.05, 0) is 48.4 Å². The number of nitrogens with zero attached hydrogens (tertiary/aromatic N) is 1. The van der Waals surface area contributed by atoms with Gasteiger partial charge in [0.2, 0.25) is 0 Å². The van der Waals surface area contributed by atoms with Crippen LogP contribution in [0.2, 0.25) is 0 Å². The molecule has 2 aromatic rings. The Balaban J connectivity index is 1.80. The third-order valence-corrected chi connectivity index (χ3v) is 3.23. The Morgan fingerprint density at radius 2 is 1.86 bits per heavy atom. The van der Waals surface area contributed by atoms with Crippen molar-refractivity contribution in [1.82, 2.24) is 5.32 Å². The summed E-state index contributed by atoms with van der Waals surface area (Å²) in [6.45, 7) is 1.43. The Labute approximate surface area is 124 Å². The van der Waals surface area contributed by atoms with Gasteiger partial charge < -0.3 is 10.1 Å². The predicted molar refractivity (Wildman–Crippen MR) is 79.5 cm³/mol. The first-order valence-corrected chi connectivity index (χ1v) is 6.75. The van der Waals surface area contributed by atoms with Crippen LogP contribution in [0.15, 0.2) is 42.5 Å². The lowest BCUT2D eigenvalue weighted by molar-refractivity contribution is 0.414. The predicted octanol–water partition coefficient (Wildman–Crippen LogP) is 3.04. The number of ether oxygens (including phenoxy) is 1. The van der Waals surface area contributed by atoms with Crippen LogP contribution in [-0.2, 0) is 13.0 Å². The number of nitrogens with one attached hydrogen (secondary N) is 1. The van der Waals surface area contributed by atoms with Gasteiger partial charge in [0.25, 0.3) is 0 Å². The fraction of sp³-hybridized carbons (Fsp3) is 0.235. The molecule has 0 saturated heterocycles. The molecule has 2 aromatic carbocycles. The fourth-order valence-corrected chi connectivity index (χ4v) is 2.03. The van der Waals surface area contributed by atoms with E-state index in [2.05, 4.69) is 5.32 Å². The van der Waals surface area contributed by atoms with E-state index in [1.807, 2.05) is 30.3 Å². The molecule has 1 N–H and O–H groups in total. The molecule has 0 saturated carbocycles. The lowest BCUT2D eigenvalue weighted by Crippen LogP contribution is -2.16. The summed E-state index contributed by atoms with van der Waals surface area (Å²) in [4.78, 5) is 0. The van der Waals surface area contributed by atoms with Crippen molar-refractivity contribution in [3.63, 3.8) is 0 Å². The van der Waals surface area contributed by atoms with Gasteiger partial charge in [0.05, 0.1) is 12.7 Å². The van der Waals surface area contributed by atoms with Crippen LogP contribution in [-0.4, -0.2) is 13.7 Å². The minimum absolute atomic E-state index is 0.0875. The van der Waals surface area contributed by atoms with Crippen molar-refractivity contribution in [1.29, 1.82) is 5.26 Å². The van der Waals surface area contributed by atoms with Gasteiger partial charge in [-0.15, -0.1) is 0 Å². The topological polar surface area (TPSA) is 45.0 Å². The Bertz CT molecular complexity index is 632. The maximum Gasteiger partial charge on any atom is 0.140 e. The maximum absolute atomic E-state index is 13.2. The molecule has 0 bridgehead atoms. The first-order valence-electron chi connectivity index (χ1n) is 6.75. The summed E-state index contributed by atoms with van der Waals surface area (Å²) in [5, 5.41) is 12.1. The highest BCUT2D eigenvalue weighted by molar-refractivity contribution is 5.34. The normalized spacial score (nSPS) is 10.1. The highest BCUT2D eigenvalue weighted by Crippen LogP contribution is 2.12. The van der Waals surface area contributed by atoms with E-state index in [0.29, 0.717) is 6.54 Å². The number of methoxy groups -OCH3 is 1. The summed E-state index contributed by atoms with van der Waals surface area (Å²) in [7, 11) is 1.65. The lowest BCUT2D eigenvalue weighted by Gasteiger charge is -2.06. The third-order valence-electron chi connectivity index (χ3n) is 3.23. The van der Waals surface area contributed by atoms with Crippen LogP contribution in [0.3, 0.4) is 0 Å². The molecule has 3 nitrogen and oxygen atoms in total. The average molecular weight is 284 g/mol. The second-order valence-corrected chi connectivity index (χ2v) is 4.70. The number of halogens is 1. The monoisotopic (exact) mass is 284 g/mol. The van der Waals surface area contributed by atoms with Gasteiger partial charge in [-0.25, -0.2) is 4.39 Å². The van der Waals surface area contributed by atoms with Crippen LogP contribution in [0.4, 0.5) is 4.39 Å².